The number of hydrogen-bond donors (Lipinski definition) is 0. The smallest absolute Gasteiger partial charge is 0.206 e. The summed E-state index contributed by atoms with van der Waals surface area (Å²) < 4.78 is 2.41. The number of anilines is 2. The predicted molar refractivity (Wildman–Crippen MR) is 113 cm³/mol. The van der Waals surface area contributed by atoms with Gasteiger partial charge in [-0.3, -0.25) is 0 Å². The fraction of sp³-hybridized carbons (Fsp3) is 0.409. The minimum absolute atomic E-state index is 0.787. The number of aromatic nitrogens is 2. The molecule has 0 spiro atoms. The van der Waals surface area contributed by atoms with Crippen molar-refractivity contribution in [2.75, 3.05) is 36.0 Å². The zero-order chi connectivity index (χ0) is 18.4. The molecule has 0 unspecified atom stereocenters. The molecule has 5 heteroatoms. The third-order valence-electron chi connectivity index (χ3n) is 5.85. The van der Waals surface area contributed by atoms with Crippen LogP contribution in [0.2, 0.25) is 5.02 Å². The van der Waals surface area contributed by atoms with Crippen molar-refractivity contribution in [2.45, 2.75) is 26.3 Å². The molecule has 2 fully saturated rings. The summed E-state index contributed by atoms with van der Waals surface area (Å²) in [5.74, 6) is 1.91. The van der Waals surface area contributed by atoms with E-state index in [4.69, 9.17) is 16.6 Å². The standard InChI is InChI=1S/C22H25ClN4/c1-16-4-2-3-5-20(16)25-10-12-26(13-11-25)22-24-19-9-8-18(23)14-21(19)27(22)15-17-6-7-17/h2-5,8-9,14,17H,6-7,10-13,15H2,1H3. The van der Waals surface area contributed by atoms with E-state index in [1.54, 1.807) is 0 Å². The lowest BCUT2D eigenvalue weighted by atomic mass is 10.1. The fourth-order valence-electron chi connectivity index (χ4n) is 4.13. The first-order chi connectivity index (χ1) is 13.2. The summed E-state index contributed by atoms with van der Waals surface area (Å²) in [5.41, 5.74) is 4.93. The van der Waals surface area contributed by atoms with Crippen molar-refractivity contribution in [3.05, 3.63) is 53.1 Å². The Hall–Kier alpha value is -2.20. The van der Waals surface area contributed by atoms with Gasteiger partial charge in [-0.05, 0) is 55.5 Å². The molecular formula is C22H25ClN4. The van der Waals surface area contributed by atoms with Crippen LogP contribution in [0.3, 0.4) is 0 Å². The first-order valence-corrected chi connectivity index (χ1v) is 10.3. The van der Waals surface area contributed by atoms with E-state index < -0.39 is 0 Å². The summed E-state index contributed by atoms with van der Waals surface area (Å²) in [6.07, 6.45) is 2.67. The van der Waals surface area contributed by atoms with Crippen LogP contribution in [0.1, 0.15) is 18.4 Å². The van der Waals surface area contributed by atoms with Crippen molar-refractivity contribution in [1.82, 2.24) is 9.55 Å². The van der Waals surface area contributed by atoms with Crippen molar-refractivity contribution >= 4 is 34.3 Å². The first kappa shape index (κ1) is 16.9. The van der Waals surface area contributed by atoms with E-state index in [2.05, 4.69) is 51.6 Å². The van der Waals surface area contributed by atoms with Gasteiger partial charge in [-0.2, -0.15) is 0 Å². The molecule has 2 heterocycles. The number of piperazine rings is 1. The highest BCUT2D eigenvalue weighted by Gasteiger charge is 2.27. The van der Waals surface area contributed by atoms with E-state index in [1.165, 1.54) is 29.6 Å². The Morgan fingerprint density at radius 1 is 1.00 bits per heavy atom. The monoisotopic (exact) mass is 380 g/mol. The van der Waals surface area contributed by atoms with Gasteiger partial charge in [0.05, 0.1) is 11.0 Å². The zero-order valence-electron chi connectivity index (χ0n) is 15.7. The van der Waals surface area contributed by atoms with Crippen LogP contribution in [-0.2, 0) is 6.54 Å². The summed E-state index contributed by atoms with van der Waals surface area (Å²) >= 11 is 6.28. The Balaban J connectivity index is 1.42. The summed E-state index contributed by atoms with van der Waals surface area (Å²) in [7, 11) is 0. The summed E-state index contributed by atoms with van der Waals surface area (Å²) in [4.78, 5) is 9.93. The van der Waals surface area contributed by atoms with Gasteiger partial charge in [0, 0.05) is 43.4 Å². The highest BCUT2D eigenvalue weighted by Crippen LogP contribution is 2.35. The molecule has 1 saturated carbocycles. The highest BCUT2D eigenvalue weighted by atomic mass is 35.5. The zero-order valence-corrected chi connectivity index (χ0v) is 16.5. The predicted octanol–water partition coefficient (Wildman–Crippen LogP) is 4.73. The number of fused-ring (bicyclic) bond motifs is 1. The molecule has 1 aliphatic heterocycles. The average molecular weight is 381 g/mol. The van der Waals surface area contributed by atoms with Crippen LogP contribution in [0.5, 0.6) is 0 Å². The number of nitrogens with zero attached hydrogens (tertiary/aromatic N) is 4. The Morgan fingerprint density at radius 2 is 1.74 bits per heavy atom. The van der Waals surface area contributed by atoms with Crippen molar-refractivity contribution in [3.8, 4) is 0 Å². The Morgan fingerprint density at radius 3 is 2.48 bits per heavy atom. The lowest BCUT2D eigenvalue weighted by Crippen LogP contribution is -2.47. The van der Waals surface area contributed by atoms with Crippen molar-refractivity contribution in [3.63, 3.8) is 0 Å². The molecule has 0 radical (unpaired) electrons. The number of benzene rings is 2. The van der Waals surface area contributed by atoms with Crippen molar-refractivity contribution in [1.29, 1.82) is 0 Å². The average Bonchev–Trinajstić information content (AvgIpc) is 3.44. The van der Waals surface area contributed by atoms with Gasteiger partial charge in [-0.15, -0.1) is 0 Å². The Bertz CT molecular complexity index is 968. The Kier molecular flexibility index (Phi) is 4.24. The second kappa shape index (κ2) is 6.75. The maximum Gasteiger partial charge on any atom is 0.206 e. The summed E-state index contributed by atoms with van der Waals surface area (Å²) in [6, 6.07) is 14.7. The number of rotatable bonds is 4. The van der Waals surface area contributed by atoms with Crippen LogP contribution in [0.25, 0.3) is 11.0 Å². The molecule has 3 aromatic rings. The molecule has 0 amide bonds. The number of para-hydroxylation sites is 1. The third kappa shape index (κ3) is 3.27. The van der Waals surface area contributed by atoms with E-state index in [1.807, 2.05) is 12.1 Å². The fourth-order valence-corrected chi connectivity index (χ4v) is 4.30. The van der Waals surface area contributed by atoms with E-state index in [0.29, 0.717) is 0 Å². The van der Waals surface area contributed by atoms with Gasteiger partial charge >= 0.3 is 0 Å². The van der Waals surface area contributed by atoms with Crippen LogP contribution in [0, 0.1) is 12.8 Å². The quantitative estimate of drug-likeness (QED) is 0.653. The Labute approximate surface area is 165 Å². The maximum absolute atomic E-state index is 6.28. The third-order valence-corrected chi connectivity index (χ3v) is 6.08. The van der Waals surface area contributed by atoms with Crippen molar-refractivity contribution < 1.29 is 0 Å². The van der Waals surface area contributed by atoms with Gasteiger partial charge in [0.1, 0.15) is 0 Å². The molecule has 2 aliphatic rings. The molecule has 0 atom stereocenters. The van der Waals surface area contributed by atoms with Gasteiger partial charge in [-0.1, -0.05) is 29.8 Å². The van der Waals surface area contributed by atoms with Crippen LogP contribution in [-0.4, -0.2) is 35.7 Å². The van der Waals surface area contributed by atoms with Crippen molar-refractivity contribution in [2.24, 2.45) is 5.92 Å². The first-order valence-electron chi connectivity index (χ1n) is 9.90. The molecule has 1 aliphatic carbocycles. The number of hydrogen-bond acceptors (Lipinski definition) is 3. The molecule has 5 rings (SSSR count). The molecule has 4 nitrogen and oxygen atoms in total. The lowest BCUT2D eigenvalue weighted by molar-refractivity contribution is 0.592. The van der Waals surface area contributed by atoms with E-state index in [9.17, 15) is 0 Å². The second-order valence-electron chi connectivity index (χ2n) is 7.86. The van der Waals surface area contributed by atoms with E-state index in [0.717, 1.165) is 55.1 Å². The molecule has 140 valence electrons. The van der Waals surface area contributed by atoms with Gasteiger partial charge in [0.25, 0.3) is 0 Å². The van der Waals surface area contributed by atoms with E-state index in [-0.39, 0.29) is 0 Å². The number of imidazole rings is 1. The summed E-state index contributed by atoms with van der Waals surface area (Å²) in [5, 5.41) is 0.787. The second-order valence-corrected chi connectivity index (χ2v) is 8.30. The number of halogens is 1. The largest absolute Gasteiger partial charge is 0.368 e. The van der Waals surface area contributed by atoms with Crippen LogP contribution in [0.4, 0.5) is 11.6 Å². The van der Waals surface area contributed by atoms with Crippen LogP contribution >= 0.6 is 11.6 Å². The van der Waals surface area contributed by atoms with Gasteiger partial charge in [-0.25, -0.2) is 4.98 Å². The topological polar surface area (TPSA) is 24.3 Å². The van der Waals surface area contributed by atoms with Gasteiger partial charge in [0.2, 0.25) is 5.95 Å². The minimum Gasteiger partial charge on any atom is -0.368 e. The molecule has 0 N–H and O–H groups in total. The molecule has 0 bridgehead atoms. The van der Waals surface area contributed by atoms with Gasteiger partial charge in [0.15, 0.2) is 0 Å². The van der Waals surface area contributed by atoms with Crippen LogP contribution in [0.15, 0.2) is 42.5 Å². The van der Waals surface area contributed by atoms with Crippen LogP contribution < -0.4 is 9.80 Å². The van der Waals surface area contributed by atoms with E-state index >= 15 is 0 Å². The molecule has 27 heavy (non-hydrogen) atoms. The normalized spacial score (nSPS) is 17.7. The molecule has 2 aromatic carbocycles. The molecular weight excluding hydrogens is 356 g/mol. The maximum atomic E-state index is 6.28. The molecule has 1 aromatic heterocycles. The highest BCUT2D eigenvalue weighted by molar-refractivity contribution is 6.31. The number of aryl methyl sites for hydroxylation is 1. The summed E-state index contributed by atoms with van der Waals surface area (Å²) in [6.45, 7) is 7.30. The molecule has 1 saturated heterocycles. The lowest BCUT2D eigenvalue weighted by Gasteiger charge is -2.37. The minimum atomic E-state index is 0.787. The SMILES string of the molecule is Cc1ccccc1N1CCN(c2nc3ccc(Cl)cc3n2CC2CC2)CC1. The van der Waals surface area contributed by atoms with Gasteiger partial charge < -0.3 is 14.4 Å².